The molecule has 132 valence electrons. The van der Waals surface area contributed by atoms with Crippen molar-refractivity contribution in [1.29, 1.82) is 0 Å². The molecule has 0 radical (unpaired) electrons. The van der Waals surface area contributed by atoms with Gasteiger partial charge in [-0.1, -0.05) is 69.9 Å². The Morgan fingerprint density at radius 1 is 1.04 bits per heavy atom. The first-order valence-corrected chi connectivity index (χ1v) is 9.76. The van der Waals surface area contributed by atoms with Crippen molar-refractivity contribution in [2.75, 3.05) is 0 Å². The van der Waals surface area contributed by atoms with Crippen LogP contribution in [0.25, 0.3) is 0 Å². The van der Waals surface area contributed by atoms with Crippen LogP contribution in [0.1, 0.15) is 83.8 Å². The van der Waals surface area contributed by atoms with Gasteiger partial charge in [0.15, 0.2) is 5.79 Å². The molecule has 0 amide bonds. The Morgan fingerprint density at radius 2 is 1.71 bits per heavy atom. The van der Waals surface area contributed by atoms with Crippen LogP contribution in [0.2, 0.25) is 0 Å². The SMILES string of the molecule is CCCCC1(CCCC)C=C(C)C2(CCC(c3ccccc3)O2)O1. The van der Waals surface area contributed by atoms with E-state index >= 15 is 0 Å². The molecule has 2 heteroatoms. The molecule has 0 bridgehead atoms. The van der Waals surface area contributed by atoms with Crippen molar-refractivity contribution in [3.63, 3.8) is 0 Å². The van der Waals surface area contributed by atoms with Gasteiger partial charge in [0, 0.05) is 6.42 Å². The summed E-state index contributed by atoms with van der Waals surface area (Å²) >= 11 is 0. The first-order valence-electron chi connectivity index (χ1n) is 9.76. The van der Waals surface area contributed by atoms with Crippen LogP contribution in [-0.2, 0) is 9.47 Å². The summed E-state index contributed by atoms with van der Waals surface area (Å²) in [4.78, 5) is 0. The Kier molecular flexibility index (Phi) is 5.46. The minimum absolute atomic E-state index is 0.109. The summed E-state index contributed by atoms with van der Waals surface area (Å²) in [7, 11) is 0. The van der Waals surface area contributed by atoms with Crippen LogP contribution in [0, 0.1) is 0 Å². The molecule has 2 unspecified atom stereocenters. The van der Waals surface area contributed by atoms with Gasteiger partial charge in [-0.05, 0) is 43.4 Å². The molecule has 0 aliphatic carbocycles. The number of hydrogen-bond acceptors (Lipinski definition) is 2. The first-order chi connectivity index (χ1) is 11.6. The summed E-state index contributed by atoms with van der Waals surface area (Å²) in [5.41, 5.74) is 2.44. The maximum Gasteiger partial charge on any atom is 0.192 e. The zero-order chi connectivity index (χ0) is 17.0. The largest absolute Gasteiger partial charge is 0.338 e. The molecule has 0 N–H and O–H groups in total. The van der Waals surface area contributed by atoms with Gasteiger partial charge in [0.05, 0.1) is 11.7 Å². The molecule has 1 fully saturated rings. The second kappa shape index (κ2) is 7.41. The van der Waals surface area contributed by atoms with Crippen LogP contribution in [0.3, 0.4) is 0 Å². The van der Waals surface area contributed by atoms with Crippen molar-refractivity contribution in [1.82, 2.24) is 0 Å². The van der Waals surface area contributed by atoms with Gasteiger partial charge in [-0.15, -0.1) is 0 Å². The van der Waals surface area contributed by atoms with Crippen molar-refractivity contribution in [3.8, 4) is 0 Å². The van der Waals surface area contributed by atoms with Crippen LogP contribution in [0.5, 0.6) is 0 Å². The van der Waals surface area contributed by atoms with Gasteiger partial charge in [-0.3, -0.25) is 0 Å². The average Bonchev–Trinajstić information content (AvgIpc) is 3.15. The van der Waals surface area contributed by atoms with Gasteiger partial charge in [-0.2, -0.15) is 0 Å². The molecule has 24 heavy (non-hydrogen) atoms. The van der Waals surface area contributed by atoms with Crippen molar-refractivity contribution in [2.24, 2.45) is 0 Å². The van der Waals surface area contributed by atoms with Gasteiger partial charge < -0.3 is 9.47 Å². The molecule has 2 aliphatic rings. The Hall–Kier alpha value is -1.12. The summed E-state index contributed by atoms with van der Waals surface area (Å²) in [6.07, 6.45) is 11.6. The van der Waals surface area contributed by atoms with Crippen LogP contribution >= 0.6 is 0 Å². The van der Waals surface area contributed by atoms with Crippen molar-refractivity contribution < 1.29 is 9.47 Å². The highest BCUT2D eigenvalue weighted by Crippen LogP contribution is 2.52. The normalized spacial score (nSPS) is 28.5. The monoisotopic (exact) mass is 328 g/mol. The lowest BCUT2D eigenvalue weighted by Crippen LogP contribution is -2.38. The fourth-order valence-corrected chi connectivity index (χ4v) is 4.20. The lowest BCUT2D eigenvalue weighted by Gasteiger charge is -2.34. The third-order valence-corrected chi connectivity index (χ3v) is 5.60. The maximum atomic E-state index is 6.75. The van der Waals surface area contributed by atoms with Gasteiger partial charge in [-0.25, -0.2) is 0 Å². The number of benzene rings is 1. The number of ether oxygens (including phenoxy) is 2. The zero-order valence-corrected chi connectivity index (χ0v) is 15.5. The third kappa shape index (κ3) is 3.45. The molecule has 2 aliphatic heterocycles. The van der Waals surface area contributed by atoms with Gasteiger partial charge in [0.25, 0.3) is 0 Å². The topological polar surface area (TPSA) is 18.5 Å². The molecule has 1 spiro atoms. The molecule has 0 saturated carbocycles. The minimum Gasteiger partial charge on any atom is -0.338 e. The Bertz CT molecular complexity index is 555. The van der Waals surface area contributed by atoms with E-state index in [0.717, 1.165) is 25.7 Å². The number of rotatable bonds is 7. The van der Waals surface area contributed by atoms with Gasteiger partial charge >= 0.3 is 0 Å². The molecule has 2 nitrogen and oxygen atoms in total. The summed E-state index contributed by atoms with van der Waals surface area (Å²) < 4.78 is 13.3. The second-order valence-electron chi connectivity index (χ2n) is 7.51. The van der Waals surface area contributed by atoms with E-state index in [1.165, 1.54) is 36.8 Å². The third-order valence-electron chi connectivity index (χ3n) is 5.60. The van der Waals surface area contributed by atoms with E-state index in [9.17, 15) is 0 Å². The molecule has 1 aromatic carbocycles. The van der Waals surface area contributed by atoms with E-state index in [-0.39, 0.29) is 11.7 Å². The highest BCUT2D eigenvalue weighted by atomic mass is 16.7. The van der Waals surface area contributed by atoms with Crippen LogP contribution in [0.4, 0.5) is 0 Å². The van der Waals surface area contributed by atoms with E-state index in [4.69, 9.17) is 9.47 Å². The van der Waals surface area contributed by atoms with E-state index in [2.05, 4.69) is 57.2 Å². The molecule has 1 saturated heterocycles. The van der Waals surface area contributed by atoms with Gasteiger partial charge in [0.2, 0.25) is 0 Å². The quantitative estimate of drug-likeness (QED) is 0.544. The predicted octanol–water partition coefficient (Wildman–Crippen LogP) is 6.33. The van der Waals surface area contributed by atoms with Crippen molar-refractivity contribution in [2.45, 2.75) is 89.6 Å². The lowest BCUT2D eigenvalue weighted by molar-refractivity contribution is -0.236. The lowest BCUT2D eigenvalue weighted by atomic mass is 9.90. The van der Waals surface area contributed by atoms with E-state index in [0.29, 0.717) is 0 Å². The molecule has 1 aromatic rings. The molecular formula is C22H32O2. The Morgan fingerprint density at radius 3 is 2.33 bits per heavy atom. The molecule has 0 aromatic heterocycles. The van der Waals surface area contributed by atoms with Crippen LogP contribution < -0.4 is 0 Å². The fraction of sp³-hybridized carbons (Fsp3) is 0.636. The molecule has 3 rings (SSSR count). The van der Waals surface area contributed by atoms with Crippen molar-refractivity contribution >= 4 is 0 Å². The smallest absolute Gasteiger partial charge is 0.192 e. The van der Waals surface area contributed by atoms with E-state index in [1.807, 2.05) is 0 Å². The van der Waals surface area contributed by atoms with Crippen LogP contribution in [0.15, 0.2) is 42.0 Å². The summed E-state index contributed by atoms with van der Waals surface area (Å²) in [6.45, 7) is 6.71. The van der Waals surface area contributed by atoms with E-state index in [1.54, 1.807) is 0 Å². The Balaban J connectivity index is 1.76. The standard InChI is InChI=1S/C22H32O2/c1-4-6-14-21(15-7-5-2)17-18(3)22(24-21)16-13-20(23-22)19-11-9-8-10-12-19/h8-12,17,20H,4-7,13-16H2,1-3H3. The molecule has 2 atom stereocenters. The van der Waals surface area contributed by atoms with Gasteiger partial charge in [0.1, 0.15) is 0 Å². The zero-order valence-electron chi connectivity index (χ0n) is 15.5. The Labute approximate surface area is 147 Å². The molecule has 2 heterocycles. The van der Waals surface area contributed by atoms with Crippen LogP contribution in [-0.4, -0.2) is 11.4 Å². The number of hydrogen-bond donors (Lipinski definition) is 0. The average molecular weight is 328 g/mol. The maximum absolute atomic E-state index is 6.75. The highest BCUT2D eigenvalue weighted by Gasteiger charge is 2.52. The summed E-state index contributed by atoms with van der Waals surface area (Å²) in [5, 5.41) is 0. The summed E-state index contributed by atoms with van der Waals surface area (Å²) in [5.74, 6) is -0.484. The minimum atomic E-state index is -0.484. The fourth-order valence-electron chi connectivity index (χ4n) is 4.20. The van der Waals surface area contributed by atoms with E-state index < -0.39 is 5.79 Å². The highest BCUT2D eigenvalue weighted by molar-refractivity contribution is 5.27. The first kappa shape index (κ1) is 17.7. The molecular weight excluding hydrogens is 296 g/mol. The number of unbranched alkanes of at least 4 members (excludes halogenated alkanes) is 2. The predicted molar refractivity (Wildman–Crippen MR) is 98.9 cm³/mol. The summed E-state index contributed by atoms with van der Waals surface area (Å²) in [6, 6.07) is 10.6. The van der Waals surface area contributed by atoms with Crippen molar-refractivity contribution in [3.05, 3.63) is 47.5 Å². The second-order valence-corrected chi connectivity index (χ2v) is 7.51.